The van der Waals surface area contributed by atoms with Crippen molar-refractivity contribution >= 4 is 42.3 Å². The lowest BCUT2D eigenvalue weighted by Crippen LogP contribution is -2.44. The topological polar surface area (TPSA) is 35.6 Å². The van der Waals surface area contributed by atoms with E-state index in [-0.39, 0.29) is 36.8 Å². The molecular formula is C18H30Cl3N3O. The van der Waals surface area contributed by atoms with E-state index in [9.17, 15) is 4.79 Å². The van der Waals surface area contributed by atoms with E-state index in [0.29, 0.717) is 5.02 Å². The zero-order chi connectivity index (χ0) is 16.8. The Morgan fingerprint density at radius 3 is 2.48 bits per heavy atom. The molecular weight excluding hydrogens is 381 g/mol. The average molecular weight is 411 g/mol. The third-order valence-corrected chi connectivity index (χ3v) is 4.88. The third-order valence-electron chi connectivity index (χ3n) is 4.64. The number of nitrogens with one attached hydrogen (secondary N) is 1. The second kappa shape index (κ2) is 12.0. The highest BCUT2D eigenvalue weighted by atomic mass is 35.5. The summed E-state index contributed by atoms with van der Waals surface area (Å²) >= 11 is 6.10. The normalized spacial score (nSPS) is 16.1. The lowest BCUT2D eigenvalue weighted by atomic mass is 9.92. The van der Waals surface area contributed by atoms with E-state index in [1.165, 1.54) is 6.42 Å². The Balaban J connectivity index is 0.00000288. The highest BCUT2D eigenvalue weighted by Gasteiger charge is 2.30. The quantitative estimate of drug-likeness (QED) is 0.778. The number of halogens is 3. The fraction of sp³-hybridized carbons (Fsp3) is 0.611. The summed E-state index contributed by atoms with van der Waals surface area (Å²) < 4.78 is 0. The van der Waals surface area contributed by atoms with E-state index < -0.39 is 0 Å². The number of amides is 1. The first-order valence-corrected chi connectivity index (χ1v) is 8.76. The molecule has 0 aliphatic carbocycles. The molecule has 0 saturated carbocycles. The van der Waals surface area contributed by atoms with Crippen molar-refractivity contribution in [3.05, 3.63) is 34.9 Å². The van der Waals surface area contributed by atoms with Crippen LogP contribution < -0.4 is 5.32 Å². The molecule has 1 fully saturated rings. The number of carbonyl (C=O) groups is 1. The molecule has 7 heteroatoms. The van der Waals surface area contributed by atoms with Gasteiger partial charge in [-0.25, -0.2) is 0 Å². The summed E-state index contributed by atoms with van der Waals surface area (Å²) in [6.07, 6.45) is 3.40. The molecule has 0 spiro atoms. The lowest BCUT2D eigenvalue weighted by Gasteiger charge is -2.36. The second-order valence-corrected chi connectivity index (χ2v) is 7.02. The number of rotatable bonds is 6. The van der Waals surface area contributed by atoms with E-state index in [2.05, 4.69) is 5.32 Å². The molecule has 1 aliphatic rings. The molecule has 2 rings (SSSR count). The molecule has 0 aromatic heterocycles. The van der Waals surface area contributed by atoms with Gasteiger partial charge in [0.2, 0.25) is 5.91 Å². The fourth-order valence-corrected chi connectivity index (χ4v) is 3.50. The number of carbonyl (C=O) groups excluding carboxylic acids is 1. The molecule has 1 saturated heterocycles. The van der Waals surface area contributed by atoms with Crippen molar-refractivity contribution in [3.8, 4) is 0 Å². The molecule has 1 atom stereocenters. The summed E-state index contributed by atoms with van der Waals surface area (Å²) in [6.45, 7) is 2.78. The largest absolute Gasteiger partial charge is 0.341 e. The molecule has 1 aromatic rings. The van der Waals surface area contributed by atoms with Crippen molar-refractivity contribution in [2.24, 2.45) is 5.92 Å². The van der Waals surface area contributed by atoms with Gasteiger partial charge in [0.1, 0.15) is 6.04 Å². The Morgan fingerprint density at radius 2 is 1.96 bits per heavy atom. The fourth-order valence-electron chi connectivity index (χ4n) is 3.30. The van der Waals surface area contributed by atoms with Crippen molar-refractivity contribution in [3.63, 3.8) is 0 Å². The van der Waals surface area contributed by atoms with Crippen LogP contribution in [0.5, 0.6) is 0 Å². The minimum Gasteiger partial charge on any atom is -0.341 e. The van der Waals surface area contributed by atoms with Crippen LogP contribution in [-0.4, -0.2) is 56.5 Å². The van der Waals surface area contributed by atoms with Crippen LogP contribution in [0.15, 0.2) is 24.3 Å². The van der Waals surface area contributed by atoms with Gasteiger partial charge in [-0.2, -0.15) is 0 Å². The Morgan fingerprint density at radius 1 is 1.32 bits per heavy atom. The number of likely N-dealkylation sites (N-methyl/N-ethyl adjacent to an activating group) is 1. The maximum Gasteiger partial charge on any atom is 0.244 e. The Kier molecular flexibility index (Phi) is 11.7. The minimum atomic E-state index is -0.262. The second-order valence-electron chi connectivity index (χ2n) is 6.58. The van der Waals surface area contributed by atoms with Crippen LogP contribution in [0.25, 0.3) is 0 Å². The predicted octanol–water partition coefficient (Wildman–Crippen LogP) is 3.63. The van der Waals surface area contributed by atoms with Crippen LogP contribution in [0.4, 0.5) is 0 Å². The van der Waals surface area contributed by atoms with Crippen molar-refractivity contribution in [1.29, 1.82) is 0 Å². The summed E-state index contributed by atoms with van der Waals surface area (Å²) in [5.74, 6) is 0.916. The number of likely N-dealkylation sites (tertiary alicyclic amines) is 1. The third kappa shape index (κ3) is 6.95. The Bertz CT molecular complexity index is 520. The smallest absolute Gasteiger partial charge is 0.244 e. The number of hydrogen-bond acceptors (Lipinski definition) is 3. The molecule has 0 bridgehead atoms. The van der Waals surface area contributed by atoms with Crippen LogP contribution in [-0.2, 0) is 4.79 Å². The molecule has 144 valence electrons. The summed E-state index contributed by atoms with van der Waals surface area (Å²) in [5, 5.41) is 3.88. The minimum absolute atomic E-state index is 0. The van der Waals surface area contributed by atoms with Gasteiger partial charge >= 0.3 is 0 Å². The van der Waals surface area contributed by atoms with Crippen molar-refractivity contribution < 1.29 is 4.79 Å². The Labute approximate surface area is 169 Å². The molecule has 1 aliphatic heterocycles. The summed E-state index contributed by atoms with van der Waals surface area (Å²) in [4.78, 5) is 17.0. The van der Waals surface area contributed by atoms with Crippen LogP contribution >= 0.6 is 36.4 Å². The monoisotopic (exact) mass is 409 g/mol. The van der Waals surface area contributed by atoms with E-state index >= 15 is 0 Å². The number of hydrogen-bond donors (Lipinski definition) is 1. The summed E-state index contributed by atoms with van der Waals surface area (Å²) in [7, 11) is 5.89. The van der Waals surface area contributed by atoms with Gasteiger partial charge in [0.15, 0.2) is 0 Å². The molecule has 1 aromatic carbocycles. The van der Waals surface area contributed by atoms with Crippen molar-refractivity contribution in [1.82, 2.24) is 15.1 Å². The van der Waals surface area contributed by atoms with E-state index in [1.807, 2.05) is 55.2 Å². The van der Waals surface area contributed by atoms with E-state index in [0.717, 1.165) is 44.0 Å². The van der Waals surface area contributed by atoms with Crippen LogP contribution in [0.2, 0.25) is 5.02 Å². The average Bonchev–Trinajstić information content (AvgIpc) is 2.53. The predicted molar refractivity (Wildman–Crippen MR) is 110 cm³/mol. The van der Waals surface area contributed by atoms with Gasteiger partial charge in [-0.05, 0) is 70.6 Å². The number of benzene rings is 1. The molecule has 0 radical (unpaired) electrons. The van der Waals surface area contributed by atoms with Crippen molar-refractivity contribution in [2.75, 3.05) is 40.8 Å². The van der Waals surface area contributed by atoms with E-state index in [4.69, 9.17) is 11.6 Å². The maximum absolute atomic E-state index is 13.0. The van der Waals surface area contributed by atoms with Crippen LogP contribution in [0.1, 0.15) is 30.9 Å². The molecule has 1 N–H and O–H groups in total. The van der Waals surface area contributed by atoms with Crippen molar-refractivity contribution in [2.45, 2.75) is 25.3 Å². The molecule has 1 heterocycles. The first kappa shape index (κ1) is 24.5. The summed E-state index contributed by atoms with van der Waals surface area (Å²) in [5.41, 5.74) is 0.963. The Hall–Kier alpha value is -0.520. The van der Waals surface area contributed by atoms with Gasteiger partial charge in [-0.15, -0.1) is 24.8 Å². The first-order chi connectivity index (χ1) is 11.0. The van der Waals surface area contributed by atoms with Gasteiger partial charge in [-0.1, -0.05) is 23.7 Å². The van der Waals surface area contributed by atoms with Crippen LogP contribution in [0, 0.1) is 5.92 Å². The summed E-state index contributed by atoms with van der Waals surface area (Å²) in [6, 6.07) is 7.36. The lowest BCUT2D eigenvalue weighted by molar-refractivity contribution is -0.137. The van der Waals surface area contributed by atoms with E-state index in [1.54, 1.807) is 0 Å². The zero-order valence-corrected chi connectivity index (χ0v) is 17.6. The van der Waals surface area contributed by atoms with Gasteiger partial charge in [0.05, 0.1) is 0 Å². The number of nitrogens with zero attached hydrogens (tertiary/aromatic N) is 2. The van der Waals surface area contributed by atoms with Gasteiger partial charge in [0.25, 0.3) is 0 Å². The van der Waals surface area contributed by atoms with Gasteiger partial charge < -0.3 is 10.2 Å². The van der Waals surface area contributed by atoms with Gasteiger partial charge in [-0.3, -0.25) is 9.69 Å². The van der Waals surface area contributed by atoms with Gasteiger partial charge in [0, 0.05) is 18.1 Å². The number of piperidine rings is 1. The first-order valence-electron chi connectivity index (χ1n) is 8.38. The zero-order valence-electron chi connectivity index (χ0n) is 15.2. The highest BCUT2D eigenvalue weighted by Crippen LogP contribution is 2.27. The SMILES string of the molecule is CNCCC1CCN(C(=O)C(c2cccc(Cl)c2)N(C)C)CC1.Cl.Cl. The molecule has 1 unspecified atom stereocenters. The standard InChI is InChI=1S/C18H28ClN3O.2ClH/c1-20-10-7-14-8-11-22(12-9-14)18(23)17(21(2)3)15-5-4-6-16(19)13-15;;/h4-6,13-14,17,20H,7-12H2,1-3H3;2*1H. The van der Waals surface area contributed by atoms with Crippen LogP contribution in [0.3, 0.4) is 0 Å². The molecule has 25 heavy (non-hydrogen) atoms. The maximum atomic E-state index is 13.0. The molecule has 4 nitrogen and oxygen atoms in total. The highest BCUT2D eigenvalue weighted by molar-refractivity contribution is 6.30. The molecule has 1 amide bonds.